The molecule has 0 unspecified atom stereocenters. The Labute approximate surface area is 163 Å². The van der Waals surface area contributed by atoms with Crippen LogP contribution >= 0.6 is 11.8 Å². The third-order valence-electron chi connectivity index (χ3n) is 3.81. The van der Waals surface area contributed by atoms with E-state index >= 15 is 0 Å². The normalized spacial score (nSPS) is 12.1. The molecule has 28 heavy (non-hydrogen) atoms. The molecule has 1 N–H and O–H groups in total. The summed E-state index contributed by atoms with van der Waals surface area (Å²) in [7, 11) is 0. The topological polar surface area (TPSA) is 68.0 Å². The molecule has 1 heterocycles. The average Bonchev–Trinajstić information content (AvgIpc) is 3.10. The van der Waals surface area contributed by atoms with Crippen LogP contribution in [0.2, 0.25) is 0 Å². The van der Waals surface area contributed by atoms with Crippen LogP contribution < -0.4 is 5.32 Å². The number of hydrogen-bond donors (Lipinski definition) is 1. The Morgan fingerprint density at radius 2 is 1.75 bits per heavy atom. The van der Waals surface area contributed by atoms with E-state index in [4.69, 9.17) is 4.42 Å². The van der Waals surface area contributed by atoms with E-state index in [-0.39, 0.29) is 5.22 Å². The number of carbonyl (C=O) groups is 1. The Bertz CT molecular complexity index is 1020. The van der Waals surface area contributed by atoms with Crippen molar-refractivity contribution in [3.63, 3.8) is 0 Å². The van der Waals surface area contributed by atoms with Gasteiger partial charge in [-0.3, -0.25) is 4.79 Å². The number of benzene rings is 2. The molecule has 146 valence electrons. The van der Waals surface area contributed by atoms with Crippen LogP contribution in [0.3, 0.4) is 0 Å². The molecule has 0 aliphatic carbocycles. The zero-order valence-electron chi connectivity index (χ0n) is 15.2. The highest BCUT2D eigenvalue weighted by molar-refractivity contribution is 8.00. The van der Waals surface area contributed by atoms with E-state index in [1.54, 1.807) is 6.92 Å². The zero-order valence-corrected chi connectivity index (χ0v) is 16.0. The molecule has 0 radical (unpaired) electrons. The standard InChI is InChI=1S/C19H16F3N3O2S/c1-9-6-10(2)8-12(7-9)18-24-25-19(27-18)28-11(3)17(26)23-14-5-4-13(20)15(21)16(14)22/h4-8,11H,1-3H3,(H,23,26)/t11-/m0/s1. The van der Waals surface area contributed by atoms with Crippen LogP contribution in [0.1, 0.15) is 18.1 Å². The number of anilines is 1. The average molecular weight is 407 g/mol. The molecule has 0 saturated heterocycles. The lowest BCUT2D eigenvalue weighted by molar-refractivity contribution is -0.115. The largest absolute Gasteiger partial charge is 0.411 e. The molecule has 0 spiro atoms. The van der Waals surface area contributed by atoms with Crippen LogP contribution in [0.25, 0.3) is 11.5 Å². The summed E-state index contributed by atoms with van der Waals surface area (Å²) < 4.78 is 45.5. The number of thioether (sulfide) groups is 1. The van der Waals surface area contributed by atoms with Gasteiger partial charge in [-0.05, 0) is 45.0 Å². The molecule has 1 amide bonds. The van der Waals surface area contributed by atoms with Gasteiger partial charge in [0.15, 0.2) is 17.5 Å². The van der Waals surface area contributed by atoms with Gasteiger partial charge < -0.3 is 9.73 Å². The number of nitrogens with one attached hydrogen (secondary N) is 1. The number of rotatable bonds is 5. The Morgan fingerprint density at radius 3 is 2.43 bits per heavy atom. The van der Waals surface area contributed by atoms with Gasteiger partial charge in [0, 0.05) is 5.56 Å². The molecule has 0 fully saturated rings. The van der Waals surface area contributed by atoms with E-state index in [1.165, 1.54) is 0 Å². The molecule has 5 nitrogen and oxygen atoms in total. The third-order valence-corrected chi connectivity index (χ3v) is 4.75. The Hall–Kier alpha value is -2.81. The molecule has 0 aliphatic rings. The van der Waals surface area contributed by atoms with E-state index in [0.717, 1.165) is 40.6 Å². The summed E-state index contributed by atoms with van der Waals surface area (Å²) in [4.78, 5) is 12.2. The second-order valence-electron chi connectivity index (χ2n) is 6.22. The van der Waals surface area contributed by atoms with E-state index in [2.05, 4.69) is 15.5 Å². The van der Waals surface area contributed by atoms with E-state index in [0.29, 0.717) is 5.89 Å². The first-order chi connectivity index (χ1) is 13.2. The minimum atomic E-state index is -1.65. The highest BCUT2D eigenvalue weighted by Gasteiger charge is 2.21. The zero-order chi connectivity index (χ0) is 20.4. The fourth-order valence-electron chi connectivity index (χ4n) is 2.53. The molecule has 1 atom stereocenters. The highest BCUT2D eigenvalue weighted by atomic mass is 32.2. The monoisotopic (exact) mass is 407 g/mol. The summed E-state index contributed by atoms with van der Waals surface area (Å²) in [6, 6.07) is 7.50. The first kappa shape index (κ1) is 19.9. The molecular formula is C19H16F3N3O2S. The molecule has 9 heteroatoms. The fraction of sp³-hybridized carbons (Fsp3) is 0.211. The van der Waals surface area contributed by atoms with Crippen molar-refractivity contribution in [2.75, 3.05) is 5.32 Å². The Kier molecular flexibility index (Phi) is 5.73. The lowest BCUT2D eigenvalue weighted by Crippen LogP contribution is -2.23. The van der Waals surface area contributed by atoms with Crippen LogP contribution in [0.5, 0.6) is 0 Å². The summed E-state index contributed by atoms with van der Waals surface area (Å²) in [6.45, 7) is 5.44. The smallest absolute Gasteiger partial charge is 0.277 e. The summed E-state index contributed by atoms with van der Waals surface area (Å²) in [5.74, 6) is -4.74. The predicted octanol–water partition coefficient (Wildman–Crippen LogP) is 4.89. The minimum absolute atomic E-state index is 0.155. The van der Waals surface area contributed by atoms with Gasteiger partial charge in [0.2, 0.25) is 11.8 Å². The number of amides is 1. The van der Waals surface area contributed by atoms with Crippen molar-refractivity contribution in [3.05, 3.63) is 58.9 Å². The van der Waals surface area contributed by atoms with Crippen molar-refractivity contribution >= 4 is 23.4 Å². The van der Waals surface area contributed by atoms with E-state index in [9.17, 15) is 18.0 Å². The van der Waals surface area contributed by atoms with Gasteiger partial charge >= 0.3 is 0 Å². The van der Waals surface area contributed by atoms with Gasteiger partial charge in [-0.15, -0.1) is 10.2 Å². The van der Waals surface area contributed by atoms with Crippen LogP contribution in [0.4, 0.5) is 18.9 Å². The Balaban J connectivity index is 1.69. The maximum Gasteiger partial charge on any atom is 0.277 e. The predicted molar refractivity (Wildman–Crippen MR) is 99.5 cm³/mol. The molecule has 1 aromatic heterocycles. The van der Waals surface area contributed by atoms with Gasteiger partial charge in [0.1, 0.15) is 0 Å². The number of carbonyl (C=O) groups excluding carboxylic acids is 1. The summed E-state index contributed by atoms with van der Waals surface area (Å²) >= 11 is 0.965. The van der Waals surface area contributed by atoms with Gasteiger partial charge in [0.05, 0.1) is 10.9 Å². The number of aryl methyl sites for hydroxylation is 2. The van der Waals surface area contributed by atoms with Crippen molar-refractivity contribution in [1.82, 2.24) is 10.2 Å². The molecular weight excluding hydrogens is 391 g/mol. The highest BCUT2D eigenvalue weighted by Crippen LogP contribution is 2.28. The van der Waals surface area contributed by atoms with Crippen molar-refractivity contribution in [2.24, 2.45) is 0 Å². The summed E-state index contributed by atoms with van der Waals surface area (Å²) in [6.07, 6.45) is 0. The molecule has 2 aromatic carbocycles. The first-order valence-electron chi connectivity index (χ1n) is 8.28. The van der Waals surface area contributed by atoms with Crippen LogP contribution in [-0.4, -0.2) is 21.4 Å². The van der Waals surface area contributed by atoms with Gasteiger partial charge in [-0.25, -0.2) is 13.2 Å². The van der Waals surface area contributed by atoms with Crippen LogP contribution in [0.15, 0.2) is 40.0 Å². The first-order valence-corrected chi connectivity index (χ1v) is 9.15. The maximum absolute atomic E-state index is 13.7. The SMILES string of the molecule is Cc1cc(C)cc(-c2nnc(S[C@@H](C)C(=O)Nc3ccc(F)c(F)c3F)o2)c1. The van der Waals surface area contributed by atoms with Gasteiger partial charge in [-0.2, -0.15) is 0 Å². The van der Waals surface area contributed by atoms with Crippen molar-refractivity contribution in [3.8, 4) is 11.5 Å². The Morgan fingerprint density at radius 1 is 1.07 bits per heavy atom. The second-order valence-corrected chi connectivity index (χ2v) is 7.51. The summed E-state index contributed by atoms with van der Waals surface area (Å²) in [5.41, 5.74) is 2.41. The van der Waals surface area contributed by atoms with Crippen molar-refractivity contribution in [2.45, 2.75) is 31.2 Å². The van der Waals surface area contributed by atoms with Crippen molar-refractivity contribution in [1.29, 1.82) is 0 Å². The number of aromatic nitrogens is 2. The quantitative estimate of drug-likeness (QED) is 0.482. The summed E-state index contributed by atoms with van der Waals surface area (Å²) in [5, 5.41) is 9.51. The van der Waals surface area contributed by atoms with E-state index < -0.39 is 34.3 Å². The molecule has 3 aromatic rings. The van der Waals surface area contributed by atoms with Crippen LogP contribution in [-0.2, 0) is 4.79 Å². The third kappa shape index (κ3) is 4.36. The number of nitrogens with zero attached hydrogens (tertiary/aromatic N) is 2. The molecule has 0 saturated carbocycles. The van der Waals surface area contributed by atoms with Gasteiger partial charge in [0.25, 0.3) is 5.22 Å². The van der Waals surface area contributed by atoms with Crippen LogP contribution in [0, 0.1) is 31.3 Å². The van der Waals surface area contributed by atoms with Crippen molar-refractivity contribution < 1.29 is 22.4 Å². The maximum atomic E-state index is 13.7. The lowest BCUT2D eigenvalue weighted by Gasteiger charge is -2.11. The molecule has 0 bridgehead atoms. The lowest BCUT2D eigenvalue weighted by atomic mass is 10.1. The molecule has 3 rings (SSSR count). The second kappa shape index (κ2) is 8.05. The fourth-order valence-corrected chi connectivity index (χ4v) is 3.22. The van der Waals surface area contributed by atoms with Gasteiger partial charge in [-0.1, -0.05) is 29.0 Å². The van der Waals surface area contributed by atoms with E-state index in [1.807, 2.05) is 32.0 Å². The minimum Gasteiger partial charge on any atom is -0.411 e. The number of hydrogen-bond acceptors (Lipinski definition) is 5. The molecule has 0 aliphatic heterocycles. The number of halogens is 3.